The first-order chi connectivity index (χ1) is 9.34. The molecular formula is C14H22N2O3. The average Bonchev–Trinajstić information content (AvgIpc) is 2.46. The summed E-state index contributed by atoms with van der Waals surface area (Å²) in [6, 6.07) is 3.25. The van der Waals surface area contributed by atoms with Crippen molar-refractivity contribution in [2.75, 3.05) is 32.9 Å². The van der Waals surface area contributed by atoms with Crippen molar-refractivity contribution in [3.8, 4) is 0 Å². The van der Waals surface area contributed by atoms with Gasteiger partial charge < -0.3 is 14.8 Å². The van der Waals surface area contributed by atoms with E-state index in [1.807, 2.05) is 0 Å². The summed E-state index contributed by atoms with van der Waals surface area (Å²) in [7, 11) is 0. The monoisotopic (exact) mass is 266 g/mol. The standard InChI is InChI=1S/C14H22N2O3/c1-2-3-6-15-9-10-18-11-12-19-14(17)13-4-7-16-8-5-13/h4-5,7-8,15H,2-3,6,9-12H2,1H3. The Kier molecular flexibility index (Phi) is 8.59. The Bertz CT molecular complexity index is 344. The summed E-state index contributed by atoms with van der Waals surface area (Å²) in [6.45, 7) is 5.35. The quantitative estimate of drug-likeness (QED) is 0.515. The first kappa shape index (κ1) is 15.6. The van der Waals surface area contributed by atoms with E-state index in [9.17, 15) is 4.79 Å². The molecule has 1 N–H and O–H groups in total. The number of pyridine rings is 1. The van der Waals surface area contributed by atoms with E-state index in [-0.39, 0.29) is 12.6 Å². The number of hydrogen-bond donors (Lipinski definition) is 1. The fraction of sp³-hybridized carbons (Fsp3) is 0.571. The molecule has 5 heteroatoms. The van der Waals surface area contributed by atoms with Gasteiger partial charge in [0.15, 0.2) is 0 Å². The highest BCUT2D eigenvalue weighted by molar-refractivity contribution is 5.89. The van der Waals surface area contributed by atoms with Crippen molar-refractivity contribution < 1.29 is 14.3 Å². The molecule has 0 aromatic carbocycles. The highest BCUT2D eigenvalue weighted by Gasteiger charge is 2.05. The molecule has 1 aromatic rings. The number of rotatable bonds is 10. The van der Waals surface area contributed by atoms with Crippen molar-refractivity contribution in [2.45, 2.75) is 19.8 Å². The predicted molar refractivity (Wildman–Crippen MR) is 73.1 cm³/mol. The number of unbranched alkanes of at least 4 members (excludes halogenated alkanes) is 1. The van der Waals surface area contributed by atoms with Crippen LogP contribution in [0.1, 0.15) is 30.1 Å². The lowest BCUT2D eigenvalue weighted by atomic mass is 10.3. The van der Waals surface area contributed by atoms with Gasteiger partial charge in [-0.25, -0.2) is 4.79 Å². The van der Waals surface area contributed by atoms with Crippen LogP contribution in [0.25, 0.3) is 0 Å². The highest BCUT2D eigenvalue weighted by atomic mass is 16.6. The zero-order chi connectivity index (χ0) is 13.8. The van der Waals surface area contributed by atoms with Crippen molar-refractivity contribution in [3.63, 3.8) is 0 Å². The van der Waals surface area contributed by atoms with Crippen LogP contribution >= 0.6 is 0 Å². The van der Waals surface area contributed by atoms with E-state index in [4.69, 9.17) is 9.47 Å². The van der Waals surface area contributed by atoms with E-state index < -0.39 is 0 Å². The van der Waals surface area contributed by atoms with Crippen LogP contribution < -0.4 is 5.32 Å². The smallest absolute Gasteiger partial charge is 0.338 e. The fourth-order valence-electron chi connectivity index (χ4n) is 1.44. The minimum atomic E-state index is -0.341. The molecule has 0 radical (unpaired) electrons. The number of nitrogens with zero attached hydrogens (tertiary/aromatic N) is 1. The number of hydrogen-bond acceptors (Lipinski definition) is 5. The SMILES string of the molecule is CCCCNCCOCCOC(=O)c1ccncc1. The third kappa shape index (κ3) is 7.54. The number of esters is 1. The lowest BCUT2D eigenvalue weighted by molar-refractivity contribution is 0.0322. The van der Waals surface area contributed by atoms with Crippen molar-refractivity contribution in [3.05, 3.63) is 30.1 Å². The molecule has 0 aliphatic carbocycles. The Morgan fingerprint density at radius 2 is 2.00 bits per heavy atom. The zero-order valence-electron chi connectivity index (χ0n) is 11.4. The van der Waals surface area contributed by atoms with Crippen LogP contribution in [0.3, 0.4) is 0 Å². The Balaban J connectivity index is 1.95. The Labute approximate surface area is 114 Å². The molecule has 1 heterocycles. The van der Waals surface area contributed by atoms with Gasteiger partial charge in [0, 0.05) is 18.9 Å². The number of aromatic nitrogens is 1. The first-order valence-corrected chi connectivity index (χ1v) is 6.70. The van der Waals surface area contributed by atoms with Gasteiger partial charge in [-0.2, -0.15) is 0 Å². The van der Waals surface area contributed by atoms with Gasteiger partial charge in [0.25, 0.3) is 0 Å². The number of carbonyl (C=O) groups is 1. The summed E-state index contributed by atoms with van der Waals surface area (Å²) < 4.78 is 10.4. The van der Waals surface area contributed by atoms with Crippen LogP contribution in [0.2, 0.25) is 0 Å². The molecule has 0 saturated heterocycles. The van der Waals surface area contributed by atoms with Crippen LogP contribution in [0.5, 0.6) is 0 Å². The molecule has 0 spiro atoms. The number of ether oxygens (including phenoxy) is 2. The minimum absolute atomic E-state index is 0.274. The molecule has 0 amide bonds. The van der Waals surface area contributed by atoms with Gasteiger partial charge in [0.2, 0.25) is 0 Å². The highest BCUT2D eigenvalue weighted by Crippen LogP contribution is 1.98. The van der Waals surface area contributed by atoms with Gasteiger partial charge in [-0.15, -0.1) is 0 Å². The van der Waals surface area contributed by atoms with Crippen molar-refractivity contribution in [2.24, 2.45) is 0 Å². The van der Waals surface area contributed by atoms with Gasteiger partial charge in [0.05, 0.1) is 18.8 Å². The molecule has 19 heavy (non-hydrogen) atoms. The topological polar surface area (TPSA) is 60.5 Å². The first-order valence-electron chi connectivity index (χ1n) is 6.70. The van der Waals surface area contributed by atoms with Crippen LogP contribution in [0.15, 0.2) is 24.5 Å². The molecule has 1 rings (SSSR count). The van der Waals surface area contributed by atoms with Crippen molar-refractivity contribution >= 4 is 5.97 Å². The van der Waals surface area contributed by atoms with E-state index in [1.54, 1.807) is 24.5 Å². The predicted octanol–water partition coefficient (Wildman–Crippen LogP) is 1.64. The van der Waals surface area contributed by atoms with Gasteiger partial charge in [0.1, 0.15) is 6.61 Å². The van der Waals surface area contributed by atoms with E-state index in [1.165, 1.54) is 12.8 Å². The maximum atomic E-state index is 11.5. The summed E-state index contributed by atoms with van der Waals surface area (Å²) in [5.74, 6) is -0.341. The van der Waals surface area contributed by atoms with Gasteiger partial charge in [-0.05, 0) is 25.1 Å². The summed E-state index contributed by atoms with van der Waals surface area (Å²) >= 11 is 0. The third-order valence-electron chi connectivity index (χ3n) is 2.51. The van der Waals surface area contributed by atoms with E-state index in [2.05, 4.69) is 17.2 Å². The second kappa shape index (κ2) is 10.5. The fourth-order valence-corrected chi connectivity index (χ4v) is 1.44. The van der Waals surface area contributed by atoms with Gasteiger partial charge in [-0.3, -0.25) is 4.98 Å². The molecule has 0 aliphatic rings. The molecule has 0 fully saturated rings. The zero-order valence-corrected chi connectivity index (χ0v) is 11.4. The average molecular weight is 266 g/mol. The Hall–Kier alpha value is -1.46. The molecular weight excluding hydrogens is 244 g/mol. The van der Waals surface area contributed by atoms with Gasteiger partial charge >= 0.3 is 5.97 Å². The van der Waals surface area contributed by atoms with Crippen LogP contribution in [0, 0.1) is 0 Å². The van der Waals surface area contributed by atoms with E-state index >= 15 is 0 Å². The normalized spacial score (nSPS) is 10.4. The van der Waals surface area contributed by atoms with Crippen LogP contribution in [-0.4, -0.2) is 43.9 Å². The Morgan fingerprint density at radius 1 is 1.21 bits per heavy atom. The third-order valence-corrected chi connectivity index (χ3v) is 2.51. The lowest BCUT2D eigenvalue weighted by Gasteiger charge is -2.07. The second-order valence-corrected chi connectivity index (χ2v) is 4.09. The Morgan fingerprint density at radius 3 is 2.74 bits per heavy atom. The second-order valence-electron chi connectivity index (χ2n) is 4.09. The molecule has 106 valence electrons. The summed E-state index contributed by atoms with van der Waals surface area (Å²) in [5.41, 5.74) is 0.510. The summed E-state index contributed by atoms with van der Waals surface area (Å²) in [6.07, 6.45) is 5.51. The van der Waals surface area contributed by atoms with Gasteiger partial charge in [-0.1, -0.05) is 13.3 Å². The minimum Gasteiger partial charge on any atom is -0.460 e. The van der Waals surface area contributed by atoms with E-state index in [0.29, 0.717) is 18.8 Å². The molecule has 0 aliphatic heterocycles. The number of carbonyl (C=O) groups excluding carboxylic acids is 1. The molecule has 0 saturated carbocycles. The molecule has 0 atom stereocenters. The summed E-state index contributed by atoms with van der Waals surface area (Å²) in [5, 5.41) is 3.27. The van der Waals surface area contributed by atoms with Crippen LogP contribution in [-0.2, 0) is 9.47 Å². The van der Waals surface area contributed by atoms with E-state index in [0.717, 1.165) is 13.1 Å². The maximum absolute atomic E-state index is 11.5. The molecule has 0 unspecified atom stereocenters. The van der Waals surface area contributed by atoms with Crippen molar-refractivity contribution in [1.29, 1.82) is 0 Å². The molecule has 0 bridgehead atoms. The maximum Gasteiger partial charge on any atom is 0.338 e. The van der Waals surface area contributed by atoms with Crippen molar-refractivity contribution in [1.82, 2.24) is 10.3 Å². The molecule has 5 nitrogen and oxygen atoms in total. The number of nitrogens with one attached hydrogen (secondary N) is 1. The largest absolute Gasteiger partial charge is 0.460 e. The lowest BCUT2D eigenvalue weighted by Crippen LogP contribution is -2.21. The van der Waals surface area contributed by atoms with Crippen LogP contribution in [0.4, 0.5) is 0 Å². The molecule has 1 aromatic heterocycles. The summed E-state index contributed by atoms with van der Waals surface area (Å²) in [4.78, 5) is 15.4.